The van der Waals surface area contributed by atoms with Crippen molar-refractivity contribution < 1.29 is 18.7 Å². The third kappa shape index (κ3) is 3.38. The molecule has 0 radical (unpaired) electrons. The highest BCUT2D eigenvalue weighted by Gasteiger charge is 2.08. The molecule has 0 aliphatic heterocycles. The van der Waals surface area contributed by atoms with Crippen molar-refractivity contribution in [2.75, 3.05) is 13.7 Å². The highest BCUT2D eigenvalue weighted by Crippen LogP contribution is 2.14. The molecule has 0 aliphatic carbocycles. The number of ether oxygens (including phenoxy) is 2. The molecule has 0 heterocycles. The number of halogens is 1. The molecule has 0 atom stereocenters. The monoisotopic (exact) mass is 224 g/mol. The highest BCUT2D eigenvalue weighted by atomic mass is 19.1. The number of carbonyl (C=O) groups is 1. The normalized spacial score (nSPS) is 11.1. The van der Waals surface area contributed by atoms with Crippen molar-refractivity contribution >= 4 is 12.0 Å². The van der Waals surface area contributed by atoms with E-state index in [9.17, 15) is 9.18 Å². The lowest BCUT2D eigenvalue weighted by Gasteiger charge is -2.00. The van der Waals surface area contributed by atoms with Crippen molar-refractivity contribution in [3.05, 3.63) is 35.7 Å². The zero-order valence-electron chi connectivity index (χ0n) is 9.20. The number of esters is 1. The van der Waals surface area contributed by atoms with Gasteiger partial charge < -0.3 is 9.47 Å². The van der Waals surface area contributed by atoms with Crippen LogP contribution in [0.4, 0.5) is 4.39 Å². The van der Waals surface area contributed by atoms with Crippen molar-refractivity contribution in [2.24, 2.45) is 0 Å². The van der Waals surface area contributed by atoms with E-state index < -0.39 is 11.8 Å². The van der Waals surface area contributed by atoms with E-state index in [1.165, 1.54) is 0 Å². The van der Waals surface area contributed by atoms with E-state index in [0.29, 0.717) is 11.3 Å². The predicted octanol–water partition coefficient (Wildman–Crippen LogP) is 2.57. The first kappa shape index (κ1) is 12.2. The molecule has 86 valence electrons. The van der Waals surface area contributed by atoms with E-state index in [-0.39, 0.29) is 6.61 Å². The third-order valence-electron chi connectivity index (χ3n) is 1.88. The number of rotatable bonds is 4. The fourth-order valence-corrected chi connectivity index (χ4v) is 1.11. The largest absolute Gasteiger partial charge is 0.497 e. The summed E-state index contributed by atoms with van der Waals surface area (Å²) >= 11 is 0. The lowest BCUT2D eigenvalue weighted by Crippen LogP contribution is -2.03. The standard InChI is InChI=1S/C12H13FO3/c1-3-16-12(14)11(13)8-9-4-6-10(15-2)7-5-9/h4-8H,3H2,1-2H3/b11-8-. The van der Waals surface area contributed by atoms with E-state index in [2.05, 4.69) is 4.74 Å². The molecule has 1 rings (SSSR count). The van der Waals surface area contributed by atoms with Crippen LogP contribution in [0.5, 0.6) is 5.75 Å². The number of hydrogen-bond acceptors (Lipinski definition) is 3. The van der Waals surface area contributed by atoms with Crippen molar-refractivity contribution in [2.45, 2.75) is 6.92 Å². The van der Waals surface area contributed by atoms with Crippen LogP contribution in [0.3, 0.4) is 0 Å². The maximum Gasteiger partial charge on any atom is 0.367 e. The quantitative estimate of drug-likeness (QED) is 0.582. The maximum absolute atomic E-state index is 13.2. The Morgan fingerprint density at radius 3 is 2.50 bits per heavy atom. The molecule has 3 nitrogen and oxygen atoms in total. The molecule has 0 saturated carbocycles. The van der Waals surface area contributed by atoms with Crippen LogP contribution in [-0.2, 0) is 9.53 Å². The van der Waals surface area contributed by atoms with Crippen LogP contribution >= 0.6 is 0 Å². The molecular formula is C12H13FO3. The molecule has 0 amide bonds. The molecule has 0 bridgehead atoms. The molecule has 0 fully saturated rings. The fraction of sp³-hybridized carbons (Fsp3) is 0.250. The zero-order chi connectivity index (χ0) is 12.0. The summed E-state index contributed by atoms with van der Waals surface area (Å²) in [5.74, 6) is -1.18. The van der Waals surface area contributed by atoms with Crippen molar-refractivity contribution in [3.63, 3.8) is 0 Å². The van der Waals surface area contributed by atoms with Gasteiger partial charge in [-0.15, -0.1) is 0 Å². The number of carbonyl (C=O) groups excluding carboxylic acids is 1. The lowest BCUT2D eigenvalue weighted by atomic mass is 10.2. The number of benzene rings is 1. The van der Waals surface area contributed by atoms with Crippen LogP contribution in [-0.4, -0.2) is 19.7 Å². The highest BCUT2D eigenvalue weighted by molar-refractivity contribution is 5.91. The van der Waals surface area contributed by atoms with E-state index in [0.717, 1.165) is 6.08 Å². The van der Waals surface area contributed by atoms with E-state index in [1.807, 2.05) is 0 Å². The van der Waals surface area contributed by atoms with Gasteiger partial charge >= 0.3 is 5.97 Å². The van der Waals surface area contributed by atoms with Gasteiger partial charge in [0.1, 0.15) is 5.75 Å². The van der Waals surface area contributed by atoms with Gasteiger partial charge in [-0.05, 0) is 30.7 Å². The first-order valence-corrected chi connectivity index (χ1v) is 4.85. The lowest BCUT2D eigenvalue weighted by molar-refractivity contribution is -0.140. The Bertz CT molecular complexity index is 382. The van der Waals surface area contributed by atoms with Gasteiger partial charge in [0.2, 0.25) is 5.83 Å². The molecule has 0 saturated heterocycles. The third-order valence-corrected chi connectivity index (χ3v) is 1.88. The molecule has 4 heteroatoms. The van der Waals surface area contributed by atoms with Gasteiger partial charge in [-0.25, -0.2) is 4.79 Å². The minimum Gasteiger partial charge on any atom is -0.497 e. The minimum absolute atomic E-state index is 0.155. The second-order valence-electron chi connectivity index (χ2n) is 2.99. The Kier molecular flexibility index (Phi) is 4.51. The Hall–Kier alpha value is -1.84. The molecule has 1 aromatic carbocycles. The first-order valence-electron chi connectivity index (χ1n) is 4.85. The SMILES string of the molecule is CCOC(=O)/C(F)=C/c1ccc(OC)cc1. The van der Waals surface area contributed by atoms with Gasteiger partial charge in [0.15, 0.2) is 0 Å². The summed E-state index contributed by atoms with van der Waals surface area (Å²) in [6.07, 6.45) is 1.12. The summed E-state index contributed by atoms with van der Waals surface area (Å²) in [6.45, 7) is 1.78. The molecular weight excluding hydrogens is 211 g/mol. The van der Waals surface area contributed by atoms with Gasteiger partial charge in [0, 0.05) is 0 Å². The summed E-state index contributed by atoms with van der Waals surface area (Å²) in [5, 5.41) is 0. The van der Waals surface area contributed by atoms with E-state index >= 15 is 0 Å². The van der Waals surface area contributed by atoms with Crippen LogP contribution < -0.4 is 4.74 Å². The number of methoxy groups -OCH3 is 1. The van der Waals surface area contributed by atoms with Gasteiger partial charge in [0.05, 0.1) is 13.7 Å². The topological polar surface area (TPSA) is 35.5 Å². The van der Waals surface area contributed by atoms with Crippen LogP contribution in [0.2, 0.25) is 0 Å². The summed E-state index contributed by atoms with van der Waals surface area (Å²) in [7, 11) is 1.55. The predicted molar refractivity (Wildman–Crippen MR) is 58.7 cm³/mol. The van der Waals surface area contributed by atoms with Gasteiger partial charge in [-0.1, -0.05) is 12.1 Å². The fourth-order valence-electron chi connectivity index (χ4n) is 1.11. The Balaban J connectivity index is 2.77. The molecule has 0 aliphatic rings. The summed E-state index contributed by atoms with van der Waals surface area (Å²) in [6, 6.07) is 6.67. The second-order valence-corrected chi connectivity index (χ2v) is 2.99. The molecule has 0 unspecified atom stereocenters. The Morgan fingerprint density at radius 2 is 2.00 bits per heavy atom. The van der Waals surface area contributed by atoms with Crippen LogP contribution in [0, 0.1) is 0 Å². The Morgan fingerprint density at radius 1 is 1.38 bits per heavy atom. The van der Waals surface area contributed by atoms with Crippen molar-refractivity contribution in [1.29, 1.82) is 0 Å². The van der Waals surface area contributed by atoms with Gasteiger partial charge in [0.25, 0.3) is 0 Å². The van der Waals surface area contributed by atoms with Gasteiger partial charge in [-0.3, -0.25) is 0 Å². The Labute approximate surface area is 93.5 Å². The average molecular weight is 224 g/mol. The molecule has 0 spiro atoms. The average Bonchev–Trinajstić information content (AvgIpc) is 2.30. The summed E-state index contributed by atoms with van der Waals surface area (Å²) in [5.41, 5.74) is 0.575. The van der Waals surface area contributed by atoms with E-state index in [4.69, 9.17) is 4.74 Å². The van der Waals surface area contributed by atoms with Crippen molar-refractivity contribution in [3.8, 4) is 5.75 Å². The molecule has 16 heavy (non-hydrogen) atoms. The minimum atomic E-state index is -0.946. The summed E-state index contributed by atoms with van der Waals surface area (Å²) in [4.78, 5) is 11.0. The van der Waals surface area contributed by atoms with E-state index in [1.54, 1.807) is 38.3 Å². The maximum atomic E-state index is 13.2. The van der Waals surface area contributed by atoms with Crippen LogP contribution in [0.1, 0.15) is 12.5 Å². The molecule has 1 aromatic rings. The van der Waals surface area contributed by atoms with Crippen LogP contribution in [0.25, 0.3) is 6.08 Å². The van der Waals surface area contributed by atoms with Gasteiger partial charge in [-0.2, -0.15) is 4.39 Å². The molecule has 0 aromatic heterocycles. The summed E-state index contributed by atoms with van der Waals surface area (Å²) < 4.78 is 22.7. The smallest absolute Gasteiger partial charge is 0.367 e. The first-order chi connectivity index (χ1) is 7.67. The van der Waals surface area contributed by atoms with Crippen molar-refractivity contribution in [1.82, 2.24) is 0 Å². The zero-order valence-corrected chi connectivity index (χ0v) is 9.20. The van der Waals surface area contributed by atoms with Crippen LogP contribution in [0.15, 0.2) is 30.1 Å². The second kappa shape index (κ2) is 5.90. The number of hydrogen-bond donors (Lipinski definition) is 0. The molecule has 0 N–H and O–H groups in total.